The highest BCUT2D eigenvalue weighted by Crippen LogP contribution is 2.43. The number of aliphatic imine (C=N–C) groups is 1. The predicted octanol–water partition coefficient (Wildman–Crippen LogP) is 5.16. The van der Waals surface area contributed by atoms with E-state index in [1.807, 2.05) is 29.2 Å². The summed E-state index contributed by atoms with van der Waals surface area (Å²) in [5.74, 6) is 0.482. The van der Waals surface area contributed by atoms with E-state index in [9.17, 15) is 9.18 Å². The molecule has 0 saturated carbocycles. The summed E-state index contributed by atoms with van der Waals surface area (Å²) >= 11 is 1.72. The van der Waals surface area contributed by atoms with Crippen molar-refractivity contribution >= 4 is 28.0 Å². The Morgan fingerprint density at radius 1 is 1.06 bits per heavy atom. The molecule has 0 radical (unpaired) electrons. The average Bonchev–Trinajstić information content (AvgIpc) is 3.12. The molecule has 2 aromatic carbocycles. The zero-order chi connectivity index (χ0) is 21.4. The van der Waals surface area contributed by atoms with Crippen molar-refractivity contribution in [2.24, 2.45) is 4.99 Å². The summed E-state index contributed by atoms with van der Waals surface area (Å²) in [6, 6.07) is 14.2. The second-order valence-corrected chi connectivity index (χ2v) is 8.97. The van der Waals surface area contributed by atoms with E-state index in [0.717, 1.165) is 52.4 Å². The second kappa shape index (κ2) is 8.27. The summed E-state index contributed by atoms with van der Waals surface area (Å²) < 4.78 is 18.7. The number of methoxy groups -OCH3 is 1. The van der Waals surface area contributed by atoms with Gasteiger partial charge >= 0.3 is 0 Å². The molecule has 31 heavy (non-hydrogen) atoms. The van der Waals surface area contributed by atoms with Gasteiger partial charge in [0.25, 0.3) is 0 Å². The summed E-state index contributed by atoms with van der Waals surface area (Å²) in [4.78, 5) is 21.2. The van der Waals surface area contributed by atoms with Gasteiger partial charge in [-0.3, -0.25) is 14.7 Å². The highest BCUT2D eigenvalue weighted by atomic mass is 32.1. The van der Waals surface area contributed by atoms with Gasteiger partial charge in [0.2, 0.25) is 5.91 Å². The molecule has 1 aromatic heterocycles. The number of benzene rings is 2. The van der Waals surface area contributed by atoms with Gasteiger partial charge < -0.3 is 4.74 Å². The summed E-state index contributed by atoms with van der Waals surface area (Å²) in [7, 11) is 1.65. The fourth-order valence-corrected chi connectivity index (χ4v) is 5.73. The van der Waals surface area contributed by atoms with Gasteiger partial charge in [-0.15, -0.1) is 11.3 Å². The lowest BCUT2D eigenvalue weighted by atomic mass is 9.91. The molecular formula is C25H23FN2O2S. The van der Waals surface area contributed by atoms with E-state index >= 15 is 0 Å². The first kappa shape index (κ1) is 19.9. The van der Waals surface area contributed by atoms with Crippen molar-refractivity contribution < 1.29 is 13.9 Å². The third-order valence-corrected chi connectivity index (χ3v) is 7.24. The van der Waals surface area contributed by atoms with E-state index in [0.29, 0.717) is 6.54 Å². The normalized spacial score (nSPS) is 15.7. The number of nitrogens with zero attached hydrogens (tertiary/aromatic N) is 2. The molecule has 2 heterocycles. The molecule has 0 N–H and O–H groups in total. The van der Waals surface area contributed by atoms with Gasteiger partial charge in [0.15, 0.2) is 0 Å². The first-order chi connectivity index (χ1) is 15.1. The summed E-state index contributed by atoms with van der Waals surface area (Å²) in [5, 5.41) is 0.966. The zero-order valence-corrected chi connectivity index (χ0v) is 18.2. The van der Waals surface area contributed by atoms with Crippen LogP contribution in [-0.2, 0) is 24.2 Å². The fourth-order valence-electron chi connectivity index (χ4n) is 4.33. The number of amides is 1. The number of aryl methyl sites for hydroxylation is 1. The van der Waals surface area contributed by atoms with Gasteiger partial charge in [-0.2, -0.15) is 0 Å². The number of hydrogen-bond donors (Lipinski definition) is 0. The Hall–Kier alpha value is -2.99. The average molecular weight is 435 g/mol. The highest BCUT2D eigenvalue weighted by molar-refractivity contribution is 7.17. The summed E-state index contributed by atoms with van der Waals surface area (Å²) in [6.45, 7) is 0.510. The van der Waals surface area contributed by atoms with Gasteiger partial charge in [0, 0.05) is 16.0 Å². The largest absolute Gasteiger partial charge is 0.497 e. The van der Waals surface area contributed by atoms with Crippen molar-refractivity contribution in [2.75, 3.05) is 18.6 Å². The maximum atomic E-state index is 13.4. The number of carbonyl (C=O) groups excluding carboxylic acids is 1. The van der Waals surface area contributed by atoms with E-state index in [4.69, 9.17) is 9.73 Å². The van der Waals surface area contributed by atoms with Crippen molar-refractivity contribution in [1.82, 2.24) is 0 Å². The first-order valence-corrected chi connectivity index (χ1v) is 11.3. The summed E-state index contributed by atoms with van der Waals surface area (Å²) in [6.07, 6.45) is 4.38. The van der Waals surface area contributed by atoms with Gasteiger partial charge in [0.05, 0.1) is 19.4 Å². The number of hydrogen-bond acceptors (Lipinski definition) is 4. The van der Waals surface area contributed by atoms with Crippen LogP contribution in [0, 0.1) is 5.82 Å². The van der Waals surface area contributed by atoms with Crippen LogP contribution in [0.3, 0.4) is 0 Å². The Balaban J connectivity index is 1.62. The molecule has 158 valence electrons. The van der Waals surface area contributed by atoms with Gasteiger partial charge in [-0.25, -0.2) is 4.39 Å². The third kappa shape index (κ3) is 3.76. The van der Waals surface area contributed by atoms with Crippen molar-refractivity contribution in [1.29, 1.82) is 0 Å². The molecule has 3 aromatic rings. The fraction of sp³-hybridized carbons (Fsp3) is 0.280. The molecule has 0 saturated heterocycles. The van der Waals surface area contributed by atoms with Crippen LogP contribution in [-0.4, -0.2) is 25.3 Å². The Morgan fingerprint density at radius 2 is 1.81 bits per heavy atom. The first-order valence-electron chi connectivity index (χ1n) is 10.5. The Morgan fingerprint density at radius 3 is 2.55 bits per heavy atom. The molecule has 6 heteroatoms. The number of thiophene rings is 1. The Labute approximate surface area is 185 Å². The van der Waals surface area contributed by atoms with Crippen LogP contribution in [0.25, 0.3) is 0 Å². The SMILES string of the molecule is COc1ccc(C2=NCC(=O)N(Cc3ccc(F)cc3)c3sc4c(c32)CCCC4)cc1. The molecule has 0 spiro atoms. The molecule has 5 rings (SSSR count). The Bertz CT molecular complexity index is 1150. The number of anilines is 1. The topological polar surface area (TPSA) is 41.9 Å². The van der Waals surface area contributed by atoms with E-state index in [1.165, 1.54) is 29.0 Å². The van der Waals surface area contributed by atoms with Crippen LogP contribution in [0.2, 0.25) is 0 Å². The van der Waals surface area contributed by atoms with Crippen LogP contribution < -0.4 is 9.64 Å². The van der Waals surface area contributed by atoms with Crippen molar-refractivity contribution in [3.05, 3.63) is 81.5 Å². The van der Waals surface area contributed by atoms with E-state index < -0.39 is 0 Å². The minimum atomic E-state index is -0.275. The minimum Gasteiger partial charge on any atom is -0.497 e. The van der Waals surface area contributed by atoms with Crippen LogP contribution in [0.4, 0.5) is 9.39 Å². The lowest BCUT2D eigenvalue weighted by Gasteiger charge is -2.21. The van der Waals surface area contributed by atoms with E-state index in [2.05, 4.69) is 0 Å². The van der Waals surface area contributed by atoms with E-state index in [1.54, 1.807) is 30.6 Å². The number of carbonyl (C=O) groups is 1. The standard InChI is InChI=1S/C25H23FN2O2S/c1-30-19-12-8-17(9-13-19)24-23-20-4-2-3-5-21(20)31-25(23)28(22(29)14-27-24)15-16-6-10-18(26)11-7-16/h6-13H,2-5,14-15H2,1H3. The van der Waals surface area contributed by atoms with Crippen molar-refractivity contribution in [3.63, 3.8) is 0 Å². The van der Waals surface area contributed by atoms with Crippen LogP contribution in [0.15, 0.2) is 53.5 Å². The number of halogens is 1. The molecule has 1 amide bonds. The minimum absolute atomic E-state index is 0.0346. The van der Waals surface area contributed by atoms with Crippen molar-refractivity contribution in [3.8, 4) is 5.75 Å². The van der Waals surface area contributed by atoms with Gasteiger partial charge in [-0.05, 0) is 73.2 Å². The molecule has 1 aliphatic heterocycles. The Kier molecular flexibility index (Phi) is 5.32. The predicted molar refractivity (Wildman–Crippen MR) is 122 cm³/mol. The summed E-state index contributed by atoms with van der Waals surface area (Å²) in [5.41, 5.74) is 5.20. The van der Waals surface area contributed by atoms with Crippen molar-refractivity contribution in [2.45, 2.75) is 32.2 Å². The molecule has 1 aliphatic carbocycles. The molecule has 0 atom stereocenters. The quantitative estimate of drug-likeness (QED) is 0.569. The smallest absolute Gasteiger partial charge is 0.249 e. The molecule has 0 bridgehead atoms. The number of ether oxygens (including phenoxy) is 1. The zero-order valence-electron chi connectivity index (χ0n) is 17.4. The second-order valence-electron chi connectivity index (χ2n) is 7.89. The molecular weight excluding hydrogens is 411 g/mol. The van der Waals surface area contributed by atoms with Gasteiger partial charge in [-0.1, -0.05) is 12.1 Å². The number of rotatable bonds is 4. The monoisotopic (exact) mass is 434 g/mol. The maximum absolute atomic E-state index is 13.4. The molecule has 0 fully saturated rings. The lowest BCUT2D eigenvalue weighted by Crippen LogP contribution is -2.31. The molecule has 0 unspecified atom stereocenters. The number of fused-ring (bicyclic) bond motifs is 3. The highest BCUT2D eigenvalue weighted by Gasteiger charge is 2.32. The molecule has 2 aliphatic rings. The maximum Gasteiger partial charge on any atom is 0.249 e. The van der Waals surface area contributed by atoms with Crippen LogP contribution in [0.5, 0.6) is 5.75 Å². The van der Waals surface area contributed by atoms with E-state index in [-0.39, 0.29) is 18.3 Å². The van der Waals surface area contributed by atoms with Crippen LogP contribution >= 0.6 is 11.3 Å². The third-order valence-electron chi connectivity index (χ3n) is 5.93. The molecule has 4 nitrogen and oxygen atoms in total. The van der Waals surface area contributed by atoms with Gasteiger partial charge in [0.1, 0.15) is 23.1 Å². The lowest BCUT2D eigenvalue weighted by molar-refractivity contribution is -0.117. The van der Waals surface area contributed by atoms with Crippen LogP contribution in [0.1, 0.15) is 40.0 Å².